The van der Waals surface area contributed by atoms with E-state index < -0.39 is 0 Å². The van der Waals surface area contributed by atoms with E-state index in [4.69, 9.17) is 0 Å². The number of amides is 1. The van der Waals surface area contributed by atoms with Crippen molar-refractivity contribution in [2.24, 2.45) is 0 Å². The number of likely N-dealkylation sites (N-methyl/N-ethyl adjacent to an activating group) is 1. The van der Waals surface area contributed by atoms with Gasteiger partial charge in [-0.3, -0.25) is 14.2 Å². The number of benzene rings is 1. The minimum Gasteiger partial charge on any atom is -0.339 e. The Balaban J connectivity index is 1.80. The number of aromatic nitrogens is 2. The molecule has 8 heteroatoms. The summed E-state index contributed by atoms with van der Waals surface area (Å²) >= 11 is 4.74. The minimum atomic E-state index is -0.0663. The lowest BCUT2D eigenvalue weighted by Gasteiger charge is -2.32. The Kier molecular flexibility index (Phi) is 5.81. The first-order valence-electron chi connectivity index (χ1n) is 8.29. The smallest absolute Gasteiger partial charge is 0.262 e. The summed E-state index contributed by atoms with van der Waals surface area (Å²) in [6.45, 7) is 5.77. The van der Waals surface area contributed by atoms with Crippen LogP contribution in [-0.4, -0.2) is 64.2 Å². The maximum atomic E-state index is 12.7. The molecular formula is C17H21BrN4O2S. The van der Waals surface area contributed by atoms with Gasteiger partial charge >= 0.3 is 0 Å². The number of piperazine rings is 1. The molecule has 1 aromatic heterocycles. The third-order valence-electron chi connectivity index (χ3n) is 4.38. The SMILES string of the molecule is CCn1c(SCC(=O)N2CCN(C)CC2)nc2ccc(Br)cc2c1=O. The van der Waals surface area contributed by atoms with E-state index in [1.165, 1.54) is 11.8 Å². The lowest BCUT2D eigenvalue weighted by Crippen LogP contribution is -2.47. The molecule has 0 aliphatic carbocycles. The molecule has 1 fully saturated rings. The molecular weight excluding hydrogens is 404 g/mol. The average molecular weight is 425 g/mol. The van der Waals surface area contributed by atoms with Gasteiger partial charge in [0, 0.05) is 37.2 Å². The number of hydrogen-bond donors (Lipinski definition) is 0. The largest absolute Gasteiger partial charge is 0.339 e. The fourth-order valence-electron chi connectivity index (χ4n) is 2.84. The van der Waals surface area contributed by atoms with Crippen LogP contribution < -0.4 is 5.56 Å². The van der Waals surface area contributed by atoms with Crippen LogP contribution in [0.5, 0.6) is 0 Å². The number of hydrogen-bond acceptors (Lipinski definition) is 5. The van der Waals surface area contributed by atoms with Crippen molar-refractivity contribution >= 4 is 44.5 Å². The van der Waals surface area contributed by atoms with Gasteiger partial charge in [0.1, 0.15) is 0 Å². The predicted molar refractivity (Wildman–Crippen MR) is 104 cm³/mol. The molecule has 2 heterocycles. The first kappa shape index (κ1) is 18.4. The number of fused-ring (bicyclic) bond motifs is 1. The summed E-state index contributed by atoms with van der Waals surface area (Å²) in [7, 11) is 2.06. The van der Waals surface area contributed by atoms with E-state index in [-0.39, 0.29) is 11.5 Å². The van der Waals surface area contributed by atoms with E-state index in [1.807, 2.05) is 24.0 Å². The zero-order chi connectivity index (χ0) is 18.0. The molecule has 134 valence electrons. The van der Waals surface area contributed by atoms with Crippen LogP contribution >= 0.6 is 27.7 Å². The molecule has 0 unspecified atom stereocenters. The Morgan fingerprint density at radius 2 is 2.00 bits per heavy atom. The Morgan fingerprint density at radius 1 is 1.28 bits per heavy atom. The summed E-state index contributed by atoms with van der Waals surface area (Å²) in [4.78, 5) is 33.8. The number of carbonyl (C=O) groups excluding carboxylic acids is 1. The van der Waals surface area contributed by atoms with Crippen LogP contribution in [0.4, 0.5) is 0 Å². The van der Waals surface area contributed by atoms with Gasteiger partial charge < -0.3 is 9.80 Å². The van der Waals surface area contributed by atoms with Crippen LogP contribution in [0, 0.1) is 0 Å². The first-order chi connectivity index (χ1) is 12.0. The summed E-state index contributed by atoms with van der Waals surface area (Å²) in [6, 6.07) is 5.49. The van der Waals surface area contributed by atoms with Gasteiger partial charge in [0.25, 0.3) is 5.56 Å². The van der Waals surface area contributed by atoms with Gasteiger partial charge in [-0.1, -0.05) is 27.7 Å². The van der Waals surface area contributed by atoms with Gasteiger partial charge in [0.2, 0.25) is 5.91 Å². The number of rotatable bonds is 4. The minimum absolute atomic E-state index is 0.0663. The highest BCUT2D eigenvalue weighted by molar-refractivity contribution is 9.10. The highest BCUT2D eigenvalue weighted by Gasteiger charge is 2.20. The van der Waals surface area contributed by atoms with Gasteiger partial charge in [0.05, 0.1) is 16.7 Å². The lowest BCUT2D eigenvalue weighted by molar-refractivity contribution is -0.129. The van der Waals surface area contributed by atoms with Crippen molar-refractivity contribution in [3.63, 3.8) is 0 Å². The van der Waals surface area contributed by atoms with Crippen LogP contribution in [0.15, 0.2) is 32.6 Å². The summed E-state index contributed by atoms with van der Waals surface area (Å²) < 4.78 is 2.49. The number of nitrogens with zero attached hydrogens (tertiary/aromatic N) is 4. The van der Waals surface area contributed by atoms with Crippen molar-refractivity contribution in [2.45, 2.75) is 18.6 Å². The van der Waals surface area contributed by atoms with E-state index in [0.29, 0.717) is 28.4 Å². The monoisotopic (exact) mass is 424 g/mol. The molecule has 1 aromatic carbocycles. The quantitative estimate of drug-likeness (QED) is 0.555. The first-order valence-corrected chi connectivity index (χ1v) is 10.1. The van der Waals surface area contributed by atoms with Crippen LogP contribution in [0.3, 0.4) is 0 Å². The van der Waals surface area contributed by atoms with Gasteiger partial charge in [-0.2, -0.15) is 0 Å². The topological polar surface area (TPSA) is 58.4 Å². The molecule has 0 atom stereocenters. The molecule has 1 aliphatic rings. The van der Waals surface area contributed by atoms with E-state index in [9.17, 15) is 9.59 Å². The van der Waals surface area contributed by atoms with Crippen molar-refractivity contribution in [3.05, 3.63) is 33.0 Å². The van der Waals surface area contributed by atoms with E-state index in [2.05, 4.69) is 32.9 Å². The van der Waals surface area contributed by atoms with Crippen molar-refractivity contribution in [3.8, 4) is 0 Å². The Morgan fingerprint density at radius 3 is 2.68 bits per heavy atom. The van der Waals surface area contributed by atoms with Crippen LogP contribution in [0.25, 0.3) is 10.9 Å². The number of carbonyl (C=O) groups is 1. The molecule has 0 bridgehead atoms. The van der Waals surface area contributed by atoms with Gasteiger partial charge in [0.15, 0.2) is 5.16 Å². The fraction of sp³-hybridized carbons (Fsp3) is 0.471. The summed E-state index contributed by atoms with van der Waals surface area (Å²) in [6.07, 6.45) is 0. The Bertz CT molecular complexity index is 846. The van der Waals surface area contributed by atoms with Crippen molar-refractivity contribution < 1.29 is 4.79 Å². The fourth-order valence-corrected chi connectivity index (χ4v) is 4.16. The second-order valence-corrected chi connectivity index (χ2v) is 7.94. The second-order valence-electron chi connectivity index (χ2n) is 6.08. The Labute approximate surface area is 159 Å². The van der Waals surface area contributed by atoms with Crippen LogP contribution in [0.1, 0.15) is 6.92 Å². The molecule has 25 heavy (non-hydrogen) atoms. The lowest BCUT2D eigenvalue weighted by atomic mass is 10.2. The Hall–Kier alpha value is -1.38. The summed E-state index contributed by atoms with van der Waals surface area (Å²) in [5, 5.41) is 1.19. The van der Waals surface area contributed by atoms with Crippen LogP contribution in [0.2, 0.25) is 0 Å². The zero-order valence-corrected chi connectivity index (χ0v) is 16.8. The van der Waals surface area contributed by atoms with Gasteiger partial charge in [-0.05, 0) is 32.2 Å². The molecule has 2 aromatic rings. The number of halogens is 1. The third kappa shape index (κ3) is 4.07. The summed E-state index contributed by atoms with van der Waals surface area (Å²) in [5.41, 5.74) is 0.593. The molecule has 0 radical (unpaired) electrons. The maximum absolute atomic E-state index is 12.7. The van der Waals surface area contributed by atoms with Gasteiger partial charge in [-0.15, -0.1) is 0 Å². The van der Waals surface area contributed by atoms with Crippen molar-refractivity contribution in [1.29, 1.82) is 0 Å². The molecule has 1 amide bonds. The summed E-state index contributed by atoms with van der Waals surface area (Å²) in [5.74, 6) is 0.406. The molecule has 0 spiro atoms. The normalized spacial score (nSPS) is 15.7. The standard InChI is InChI=1S/C17H21BrN4O2S/c1-3-22-16(24)13-10-12(18)4-5-14(13)19-17(22)25-11-15(23)21-8-6-20(2)7-9-21/h4-5,10H,3,6-9,11H2,1-2H3. The molecule has 3 rings (SSSR count). The maximum Gasteiger partial charge on any atom is 0.262 e. The zero-order valence-electron chi connectivity index (χ0n) is 14.4. The number of thioether (sulfide) groups is 1. The van der Waals surface area contributed by atoms with E-state index in [0.717, 1.165) is 30.7 Å². The van der Waals surface area contributed by atoms with Crippen LogP contribution in [-0.2, 0) is 11.3 Å². The van der Waals surface area contributed by atoms with E-state index >= 15 is 0 Å². The molecule has 1 aliphatic heterocycles. The van der Waals surface area contributed by atoms with Gasteiger partial charge in [-0.25, -0.2) is 4.98 Å². The average Bonchev–Trinajstić information content (AvgIpc) is 2.61. The second kappa shape index (κ2) is 7.88. The van der Waals surface area contributed by atoms with Crippen molar-refractivity contribution in [1.82, 2.24) is 19.4 Å². The molecule has 6 nitrogen and oxygen atoms in total. The molecule has 1 saturated heterocycles. The highest BCUT2D eigenvalue weighted by atomic mass is 79.9. The van der Waals surface area contributed by atoms with Crippen molar-refractivity contribution in [2.75, 3.05) is 39.0 Å². The predicted octanol–water partition coefficient (Wildman–Crippen LogP) is 2.04. The molecule has 0 N–H and O–H groups in total. The molecule has 0 saturated carbocycles. The van der Waals surface area contributed by atoms with E-state index in [1.54, 1.807) is 10.6 Å². The highest BCUT2D eigenvalue weighted by Crippen LogP contribution is 2.21. The third-order valence-corrected chi connectivity index (χ3v) is 5.83.